The second-order valence-electron chi connectivity index (χ2n) is 8.82. The van der Waals surface area contributed by atoms with E-state index in [1.807, 2.05) is 49.5 Å². The Morgan fingerprint density at radius 3 is 2.50 bits per heavy atom. The van der Waals surface area contributed by atoms with Crippen molar-refractivity contribution in [1.82, 2.24) is 24.6 Å². The number of rotatable bonds is 5. The highest BCUT2D eigenvalue weighted by Crippen LogP contribution is 2.27. The summed E-state index contributed by atoms with van der Waals surface area (Å²) in [5.41, 5.74) is 4.66. The van der Waals surface area contributed by atoms with Gasteiger partial charge in [-0.3, -0.25) is 4.68 Å². The van der Waals surface area contributed by atoms with Crippen molar-refractivity contribution in [1.29, 1.82) is 0 Å². The number of benzene rings is 1. The largest absolute Gasteiger partial charge is 0.373 e. The smallest absolute Gasteiger partial charge is 0.129 e. The second-order valence-corrected chi connectivity index (χ2v) is 8.82. The van der Waals surface area contributed by atoms with Gasteiger partial charge in [0.15, 0.2) is 0 Å². The van der Waals surface area contributed by atoms with E-state index in [4.69, 9.17) is 0 Å². The Morgan fingerprint density at radius 2 is 1.85 bits per heavy atom. The lowest BCUT2D eigenvalue weighted by Gasteiger charge is -2.43. The van der Waals surface area contributed by atoms with Gasteiger partial charge in [0.25, 0.3) is 0 Å². The SMILES string of the molecule is C=Cc1ccnc(N2CC(N(C)C)C2)c1.CNc1cc2cc(-c3cnn(C)c3C)ccc2cn1. The van der Waals surface area contributed by atoms with Gasteiger partial charge in [-0.15, -0.1) is 0 Å². The summed E-state index contributed by atoms with van der Waals surface area (Å²) < 4.78 is 1.89. The first-order chi connectivity index (χ1) is 16.4. The fraction of sp³-hybridized carbons (Fsp3) is 0.296. The molecular formula is C27H33N7. The number of nitrogens with zero attached hydrogens (tertiary/aromatic N) is 6. The molecule has 34 heavy (non-hydrogen) atoms. The lowest BCUT2D eigenvalue weighted by Crippen LogP contribution is -2.57. The second kappa shape index (κ2) is 10.1. The lowest BCUT2D eigenvalue weighted by molar-refractivity contribution is 0.246. The lowest BCUT2D eigenvalue weighted by atomic mass is 10.0. The van der Waals surface area contributed by atoms with Gasteiger partial charge in [-0.1, -0.05) is 24.8 Å². The summed E-state index contributed by atoms with van der Waals surface area (Å²) in [4.78, 5) is 13.2. The van der Waals surface area contributed by atoms with Gasteiger partial charge >= 0.3 is 0 Å². The van der Waals surface area contributed by atoms with Gasteiger partial charge in [-0.05, 0) is 61.8 Å². The molecule has 0 spiro atoms. The Kier molecular flexibility index (Phi) is 6.93. The van der Waals surface area contributed by atoms with Gasteiger partial charge in [-0.2, -0.15) is 5.10 Å². The van der Waals surface area contributed by atoms with Crippen LogP contribution < -0.4 is 10.2 Å². The van der Waals surface area contributed by atoms with Gasteiger partial charge in [0.05, 0.1) is 6.20 Å². The van der Waals surface area contributed by atoms with Gasteiger partial charge in [0.2, 0.25) is 0 Å². The van der Waals surface area contributed by atoms with Crippen LogP contribution in [0.15, 0.2) is 61.6 Å². The van der Waals surface area contributed by atoms with Gasteiger partial charge < -0.3 is 15.1 Å². The van der Waals surface area contributed by atoms with Gasteiger partial charge in [0.1, 0.15) is 11.6 Å². The van der Waals surface area contributed by atoms with Crippen molar-refractivity contribution < 1.29 is 0 Å². The topological polar surface area (TPSA) is 62.1 Å². The minimum absolute atomic E-state index is 0.666. The molecule has 1 aliphatic heterocycles. The number of aromatic nitrogens is 4. The molecule has 0 amide bonds. The van der Waals surface area contributed by atoms with Crippen LogP contribution in [0.1, 0.15) is 11.3 Å². The number of fused-ring (bicyclic) bond motifs is 1. The van der Waals surface area contributed by atoms with Crippen LogP contribution in [0.25, 0.3) is 28.0 Å². The maximum Gasteiger partial charge on any atom is 0.129 e. The van der Waals surface area contributed by atoms with Crippen molar-refractivity contribution in [2.24, 2.45) is 7.05 Å². The number of nitrogens with one attached hydrogen (secondary N) is 1. The van der Waals surface area contributed by atoms with Gasteiger partial charge in [-0.25, -0.2) is 9.97 Å². The molecule has 0 aliphatic carbocycles. The first-order valence-electron chi connectivity index (χ1n) is 11.5. The van der Waals surface area contributed by atoms with Crippen LogP contribution in [0.2, 0.25) is 0 Å². The highest BCUT2D eigenvalue weighted by atomic mass is 15.3. The van der Waals surface area contributed by atoms with E-state index in [0.29, 0.717) is 6.04 Å². The molecule has 5 rings (SSSR count). The summed E-state index contributed by atoms with van der Waals surface area (Å²) in [6, 6.07) is 13.2. The van der Waals surface area contributed by atoms with Crippen LogP contribution in [0.5, 0.6) is 0 Å². The molecular weight excluding hydrogens is 422 g/mol. The van der Waals surface area contributed by atoms with Crippen LogP contribution >= 0.6 is 0 Å². The quantitative estimate of drug-likeness (QED) is 0.479. The molecule has 1 fully saturated rings. The first kappa shape index (κ1) is 23.4. The first-order valence-corrected chi connectivity index (χ1v) is 11.5. The van der Waals surface area contributed by atoms with Crippen molar-refractivity contribution in [3.63, 3.8) is 0 Å². The zero-order chi connectivity index (χ0) is 24.2. The molecule has 4 heterocycles. The van der Waals surface area contributed by atoms with Crippen LogP contribution in [-0.2, 0) is 7.05 Å². The summed E-state index contributed by atoms with van der Waals surface area (Å²) in [7, 11) is 8.08. The van der Waals surface area contributed by atoms with Crippen molar-refractivity contribution >= 4 is 28.5 Å². The van der Waals surface area contributed by atoms with Crippen LogP contribution in [-0.4, -0.2) is 64.9 Å². The fourth-order valence-corrected chi connectivity index (χ4v) is 3.93. The average Bonchev–Trinajstić information content (AvgIpc) is 3.15. The minimum Gasteiger partial charge on any atom is -0.373 e. The molecule has 1 saturated heterocycles. The molecule has 3 aromatic heterocycles. The number of aryl methyl sites for hydroxylation is 1. The minimum atomic E-state index is 0.666. The Morgan fingerprint density at radius 1 is 1.06 bits per heavy atom. The Labute approximate surface area is 201 Å². The average molecular weight is 456 g/mol. The summed E-state index contributed by atoms with van der Waals surface area (Å²) in [6.45, 7) is 7.99. The number of likely N-dealkylation sites (N-methyl/N-ethyl adjacent to an activating group) is 1. The van der Waals surface area contributed by atoms with E-state index in [1.54, 1.807) is 0 Å². The van der Waals surface area contributed by atoms with E-state index >= 15 is 0 Å². The van der Waals surface area contributed by atoms with E-state index in [9.17, 15) is 0 Å². The molecule has 4 aromatic rings. The molecule has 0 saturated carbocycles. The van der Waals surface area contributed by atoms with Crippen molar-refractivity contribution in [3.8, 4) is 11.1 Å². The molecule has 1 aromatic carbocycles. The molecule has 1 N–H and O–H groups in total. The van der Waals surface area contributed by atoms with E-state index in [2.05, 4.69) is 88.1 Å². The fourth-order valence-electron chi connectivity index (χ4n) is 3.93. The molecule has 7 nitrogen and oxygen atoms in total. The van der Waals surface area contributed by atoms with Crippen LogP contribution in [0, 0.1) is 6.92 Å². The standard InChI is InChI=1S/C15H16N4.C12H17N3/c1-10-14(9-18-19(10)3)11-4-5-12-8-17-15(16-2)7-13(12)6-11;1-4-10-5-6-13-12(7-10)15-8-11(9-15)14(2)3/h4-9H,1-3H3,(H,16,17);4-7,11H,1,8-9H2,2-3H3. The predicted molar refractivity (Wildman–Crippen MR) is 142 cm³/mol. The zero-order valence-electron chi connectivity index (χ0n) is 20.7. The van der Waals surface area contributed by atoms with Crippen molar-refractivity contribution in [3.05, 3.63) is 72.8 Å². The number of hydrogen-bond donors (Lipinski definition) is 1. The summed E-state index contributed by atoms with van der Waals surface area (Å²) in [6.07, 6.45) is 7.50. The number of pyridine rings is 2. The molecule has 0 bridgehead atoms. The van der Waals surface area contributed by atoms with E-state index in [1.165, 1.54) is 22.2 Å². The van der Waals surface area contributed by atoms with E-state index < -0.39 is 0 Å². The summed E-state index contributed by atoms with van der Waals surface area (Å²) >= 11 is 0. The third-order valence-electron chi connectivity index (χ3n) is 6.45. The van der Waals surface area contributed by atoms with E-state index in [0.717, 1.165) is 35.7 Å². The molecule has 0 radical (unpaired) electrons. The normalized spacial score (nSPS) is 13.4. The Bertz CT molecular complexity index is 1290. The van der Waals surface area contributed by atoms with Crippen molar-refractivity contribution in [2.45, 2.75) is 13.0 Å². The zero-order valence-corrected chi connectivity index (χ0v) is 20.7. The third kappa shape index (κ3) is 4.94. The van der Waals surface area contributed by atoms with Crippen LogP contribution in [0.3, 0.4) is 0 Å². The maximum atomic E-state index is 4.36. The van der Waals surface area contributed by atoms with E-state index in [-0.39, 0.29) is 0 Å². The molecule has 0 unspecified atom stereocenters. The molecule has 7 heteroatoms. The molecule has 0 atom stereocenters. The maximum absolute atomic E-state index is 4.36. The molecule has 1 aliphatic rings. The van der Waals surface area contributed by atoms with Crippen LogP contribution in [0.4, 0.5) is 11.6 Å². The Hall–Kier alpha value is -3.71. The number of anilines is 2. The number of hydrogen-bond acceptors (Lipinski definition) is 6. The summed E-state index contributed by atoms with van der Waals surface area (Å²) in [5.74, 6) is 1.94. The highest BCUT2D eigenvalue weighted by Gasteiger charge is 2.28. The van der Waals surface area contributed by atoms with Gasteiger partial charge in [0, 0.05) is 62.3 Å². The summed E-state index contributed by atoms with van der Waals surface area (Å²) in [5, 5.41) is 9.69. The predicted octanol–water partition coefficient (Wildman–Crippen LogP) is 4.46. The monoisotopic (exact) mass is 455 g/mol. The third-order valence-corrected chi connectivity index (χ3v) is 6.45. The Balaban J connectivity index is 0.000000166. The highest BCUT2D eigenvalue weighted by molar-refractivity contribution is 5.88. The van der Waals surface area contributed by atoms with Crippen molar-refractivity contribution in [2.75, 3.05) is 44.4 Å². The molecule has 176 valence electrons.